The van der Waals surface area contributed by atoms with Crippen molar-refractivity contribution >= 4 is 23.4 Å². The Morgan fingerprint density at radius 1 is 0.970 bits per heavy atom. The molecule has 0 aromatic heterocycles. The number of methoxy groups -OCH3 is 1. The Balaban J connectivity index is 1.53. The Labute approximate surface area is 194 Å². The molecule has 0 atom stereocenters. The van der Waals surface area contributed by atoms with Gasteiger partial charge >= 0.3 is 0 Å². The van der Waals surface area contributed by atoms with Crippen molar-refractivity contribution in [2.24, 2.45) is 0 Å². The summed E-state index contributed by atoms with van der Waals surface area (Å²) in [6, 6.07) is 14.3. The average Bonchev–Trinajstić information content (AvgIpc) is 2.84. The molecule has 1 aliphatic heterocycles. The molecule has 0 spiro atoms. The van der Waals surface area contributed by atoms with Gasteiger partial charge < -0.3 is 20.3 Å². The van der Waals surface area contributed by atoms with Gasteiger partial charge in [-0.3, -0.25) is 19.3 Å². The number of nitrogens with zero attached hydrogens (tertiary/aromatic N) is 2. The van der Waals surface area contributed by atoms with E-state index in [1.54, 1.807) is 36.3 Å². The first-order chi connectivity index (χ1) is 16.0. The maximum Gasteiger partial charge on any atom is 0.255 e. The van der Waals surface area contributed by atoms with E-state index in [4.69, 9.17) is 4.74 Å². The van der Waals surface area contributed by atoms with Crippen LogP contribution in [0, 0.1) is 6.92 Å². The highest BCUT2D eigenvalue weighted by atomic mass is 16.5. The van der Waals surface area contributed by atoms with Gasteiger partial charge in [0.1, 0.15) is 0 Å². The van der Waals surface area contributed by atoms with E-state index < -0.39 is 0 Å². The van der Waals surface area contributed by atoms with Gasteiger partial charge in [0.2, 0.25) is 5.91 Å². The predicted molar refractivity (Wildman–Crippen MR) is 127 cm³/mol. The van der Waals surface area contributed by atoms with Crippen LogP contribution in [0.2, 0.25) is 0 Å². The van der Waals surface area contributed by atoms with Crippen LogP contribution >= 0.6 is 0 Å². The first-order valence-electron chi connectivity index (χ1n) is 11.2. The van der Waals surface area contributed by atoms with E-state index in [2.05, 4.69) is 15.5 Å². The van der Waals surface area contributed by atoms with Crippen LogP contribution in [-0.2, 0) is 9.53 Å². The van der Waals surface area contributed by atoms with Crippen molar-refractivity contribution in [1.29, 1.82) is 0 Å². The smallest absolute Gasteiger partial charge is 0.255 e. The highest BCUT2D eigenvalue weighted by molar-refractivity contribution is 6.05. The summed E-state index contributed by atoms with van der Waals surface area (Å²) < 4.78 is 4.98. The molecule has 0 radical (unpaired) electrons. The van der Waals surface area contributed by atoms with Crippen molar-refractivity contribution in [1.82, 2.24) is 15.1 Å². The quantitative estimate of drug-likeness (QED) is 0.569. The zero-order chi connectivity index (χ0) is 23.6. The van der Waals surface area contributed by atoms with Crippen LogP contribution in [0.15, 0.2) is 48.5 Å². The Kier molecular flexibility index (Phi) is 8.97. The topological polar surface area (TPSA) is 91.0 Å². The lowest BCUT2D eigenvalue weighted by atomic mass is 10.1. The molecule has 8 nitrogen and oxygen atoms in total. The van der Waals surface area contributed by atoms with Crippen molar-refractivity contribution in [2.75, 3.05) is 58.3 Å². The van der Waals surface area contributed by atoms with Crippen LogP contribution in [0.5, 0.6) is 0 Å². The van der Waals surface area contributed by atoms with Crippen LogP contribution in [0.25, 0.3) is 0 Å². The monoisotopic (exact) mass is 452 g/mol. The molecule has 1 saturated heterocycles. The van der Waals surface area contributed by atoms with Gasteiger partial charge in [-0.2, -0.15) is 0 Å². The molecule has 1 heterocycles. The Morgan fingerprint density at radius 3 is 2.39 bits per heavy atom. The maximum absolute atomic E-state index is 13.1. The van der Waals surface area contributed by atoms with Crippen molar-refractivity contribution in [3.05, 3.63) is 65.2 Å². The number of benzene rings is 2. The van der Waals surface area contributed by atoms with Gasteiger partial charge in [0.05, 0.1) is 6.54 Å². The minimum absolute atomic E-state index is 0.0109. The normalized spacial score (nSPS) is 14.1. The van der Waals surface area contributed by atoms with Crippen molar-refractivity contribution < 1.29 is 19.1 Å². The minimum Gasteiger partial charge on any atom is -0.385 e. The molecule has 2 aromatic rings. The second kappa shape index (κ2) is 12.1. The number of anilines is 1. The minimum atomic E-state index is -0.211. The molecule has 1 aliphatic rings. The first-order valence-corrected chi connectivity index (χ1v) is 11.2. The number of carbonyl (C=O) groups excluding carboxylic acids is 3. The van der Waals surface area contributed by atoms with Crippen LogP contribution in [0.3, 0.4) is 0 Å². The first kappa shape index (κ1) is 24.4. The lowest BCUT2D eigenvalue weighted by molar-refractivity contribution is -0.122. The van der Waals surface area contributed by atoms with Gasteiger partial charge in [-0.05, 0) is 43.2 Å². The molecule has 0 bridgehead atoms. The fourth-order valence-electron chi connectivity index (χ4n) is 3.67. The SMILES string of the molecule is COCCCNC(=O)CN1CCN(C(=O)c2ccc(C)c(NC(=O)c3ccccc3)c2)CC1. The lowest BCUT2D eigenvalue weighted by Gasteiger charge is -2.34. The van der Waals surface area contributed by atoms with Gasteiger partial charge in [0.25, 0.3) is 11.8 Å². The summed E-state index contributed by atoms with van der Waals surface area (Å²) in [5.74, 6) is -0.297. The molecule has 3 rings (SSSR count). The lowest BCUT2D eigenvalue weighted by Crippen LogP contribution is -2.51. The van der Waals surface area contributed by atoms with Gasteiger partial charge in [-0.1, -0.05) is 24.3 Å². The average molecular weight is 453 g/mol. The van der Waals surface area contributed by atoms with E-state index in [-0.39, 0.29) is 17.7 Å². The van der Waals surface area contributed by atoms with E-state index in [1.165, 1.54) is 0 Å². The summed E-state index contributed by atoms with van der Waals surface area (Å²) in [5.41, 5.74) is 2.61. The van der Waals surface area contributed by atoms with E-state index in [1.807, 2.05) is 31.2 Å². The Bertz CT molecular complexity index is 956. The van der Waals surface area contributed by atoms with Crippen LogP contribution in [0.1, 0.15) is 32.7 Å². The molecule has 8 heteroatoms. The standard InChI is InChI=1S/C25H32N4O4/c1-19-9-10-21(17-22(19)27-24(31)20-7-4-3-5-8-20)25(32)29-14-12-28(13-15-29)18-23(30)26-11-6-16-33-2/h3-5,7-10,17H,6,11-16,18H2,1-2H3,(H,26,30)(H,27,31). The van der Waals surface area contributed by atoms with E-state index in [9.17, 15) is 14.4 Å². The third kappa shape index (κ3) is 7.13. The van der Waals surface area contributed by atoms with Crippen molar-refractivity contribution in [2.45, 2.75) is 13.3 Å². The number of hydrogen-bond acceptors (Lipinski definition) is 5. The molecule has 0 saturated carbocycles. The highest BCUT2D eigenvalue weighted by Crippen LogP contribution is 2.20. The van der Waals surface area contributed by atoms with Gasteiger partial charge in [0.15, 0.2) is 0 Å². The van der Waals surface area contributed by atoms with Gasteiger partial charge in [0, 0.05) is 63.3 Å². The molecule has 2 aromatic carbocycles. The summed E-state index contributed by atoms with van der Waals surface area (Å²) in [4.78, 5) is 41.5. The summed E-state index contributed by atoms with van der Waals surface area (Å²) in [5, 5.41) is 5.80. The van der Waals surface area contributed by atoms with Crippen molar-refractivity contribution in [3.8, 4) is 0 Å². The number of ether oxygens (including phenoxy) is 1. The Morgan fingerprint density at radius 2 is 1.70 bits per heavy atom. The number of amides is 3. The van der Waals surface area contributed by atoms with Crippen LogP contribution in [0.4, 0.5) is 5.69 Å². The second-order valence-corrected chi connectivity index (χ2v) is 8.11. The maximum atomic E-state index is 13.1. The third-order valence-corrected chi connectivity index (χ3v) is 5.64. The van der Waals surface area contributed by atoms with Crippen LogP contribution < -0.4 is 10.6 Å². The molecular formula is C25H32N4O4. The highest BCUT2D eigenvalue weighted by Gasteiger charge is 2.24. The van der Waals surface area contributed by atoms with E-state index in [0.717, 1.165) is 12.0 Å². The number of hydrogen-bond donors (Lipinski definition) is 2. The number of carbonyl (C=O) groups is 3. The summed E-state index contributed by atoms with van der Waals surface area (Å²) in [7, 11) is 1.64. The molecule has 0 aliphatic carbocycles. The molecule has 2 N–H and O–H groups in total. The zero-order valence-corrected chi connectivity index (χ0v) is 19.3. The van der Waals surface area contributed by atoms with E-state index >= 15 is 0 Å². The Hall–Kier alpha value is -3.23. The van der Waals surface area contributed by atoms with Gasteiger partial charge in [-0.25, -0.2) is 0 Å². The fourth-order valence-corrected chi connectivity index (χ4v) is 3.67. The van der Waals surface area contributed by atoms with Gasteiger partial charge in [-0.15, -0.1) is 0 Å². The molecule has 176 valence electrons. The van der Waals surface area contributed by atoms with Crippen molar-refractivity contribution in [3.63, 3.8) is 0 Å². The number of piperazine rings is 1. The van der Waals surface area contributed by atoms with Crippen LogP contribution in [-0.4, -0.2) is 80.5 Å². The largest absolute Gasteiger partial charge is 0.385 e. The summed E-state index contributed by atoms with van der Waals surface area (Å²) in [6.45, 7) is 5.83. The molecule has 1 fully saturated rings. The molecule has 0 unspecified atom stereocenters. The molecule has 33 heavy (non-hydrogen) atoms. The third-order valence-electron chi connectivity index (χ3n) is 5.64. The fraction of sp³-hybridized carbons (Fsp3) is 0.400. The molecular weight excluding hydrogens is 420 g/mol. The molecule has 3 amide bonds. The number of nitrogens with one attached hydrogen (secondary N) is 2. The zero-order valence-electron chi connectivity index (χ0n) is 19.3. The summed E-state index contributed by atoms with van der Waals surface area (Å²) in [6.07, 6.45) is 0.787. The number of rotatable bonds is 9. The number of aryl methyl sites for hydroxylation is 1. The van der Waals surface area contributed by atoms with E-state index in [0.29, 0.717) is 62.7 Å². The second-order valence-electron chi connectivity index (χ2n) is 8.11. The predicted octanol–water partition coefficient (Wildman–Crippen LogP) is 2.16. The summed E-state index contributed by atoms with van der Waals surface area (Å²) >= 11 is 0.